The monoisotopic (exact) mass is 278 g/mol. The summed E-state index contributed by atoms with van der Waals surface area (Å²) < 4.78 is 1.14. The first-order valence-electron chi connectivity index (χ1n) is 4.14. The van der Waals surface area contributed by atoms with E-state index in [4.69, 9.17) is 11.6 Å². The smallest absolute Gasteiger partial charge is 0.0340 e. The van der Waals surface area contributed by atoms with Crippen LogP contribution in [-0.2, 0) is 5.75 Å². The third-order valence-electron chi connectivity index (χ3n) is 1.64. The molecule has 0 saturated heterocycles. The number of rotatable bonds is 4. The summed E-state index contributed by atoms with van der Waals surface area (Å²) in [6.45, 7) is 2.15. The Labute approximate surface area is 97.2 Å². The summed E-state index contributed by atoms with van der Waals surface area (Å²) in [5.41, 5.74) is 1.34. The molecule has 1 aromatic rings. The van der Waals surface area contributed by atoms with Gasteiger partial charge in [-0.2, -0.15) is 11.8 Å². The highest BCUT2D eigenvalue weighted by atomic mass is 79.9. The van der Waals surface area contributed by atoms with Crippen molar-refractivity contribution in [1.29, 1.82) is 0 Å². The lowest BCUT2D eigenvalue weighted by Crippen LogP contribution is -1.97. The maximum atomic E-state index is 5.72. The number of hydrogen-bond donors (Lipinski definition) is 0. The van der Waals surface area contributed by atoms with Gasteiger partial charge < -0.3 is 0 Å². The van der Waals surface area contributed by atoms with E-state index in [1.54, 1.807) is 0 Å². The summed E-state index contributed by atoms with van der Waals surface area (Å²) in [6.07, 6.45) is 0. The predicted molar refractivity (Wildman–Crippen MR) is 65.6 cm³/mol. The lowest BCUT2D eigenvalue weighted by atomic mass is 10.2. The van der Waals surface area contributed by atoms with Crippen LogP contribution in [0.15, 0.2) is 28.7 Å². The Hall–Kier alpha value is 0.340. The van der Waals surface area contributed by atoms with Crippen LogP contribution in [0, 0.1) is 0 Å². The van der Waals surface area contributed by atoms with Crippen molar-refractivity contribution in [3.05, 3.63) is 34.3 Å². The fourth-order valence-corrected chi connectivity index (χ4v) is 2.37. The van der Waals surface area contributed by atoms with Crippen molar-refractivity contribution in [2.75, 3.05) is 5.88 Å². The first kappa shape index (κ1) is 11.4. The summed E-state index contributed by atoms with van der Waals surface area (Å²) in [5.74, 6) is 1.76. The van der Waals surface area contributed by atoms with Crippen LogP contribution >= 0.6 is 39.3 Å². The molecule has 1 rings (SSSR count). The summed E-state index contributed by atoms with van der Waals surface area (Å²) in [5, 5.41) is 0.528. The largest absolute Gasteiger partial charge is 0.153 e. The molecule has 13 heavy (non-hydrogen) atoms. The van der Waals surface area contributed by atoms with Gasteiger partial charge in [-0.3, -0.25) is 0 Å². The van der Waals surface area contributed by atoms with Gasteiger partial charge in [0.15, 0.2) is 0 Å². The van der Waals surface area contributed by atoms with Crippen molar-refractivity contribution in [3.63, 3.8) is 0 Å². The molecule has 0 aliphatic carbocycles. The lowest BCUT2D eigenvalue weighted by molar-refractivity contribution is 1.12. The highest BCUT2D eigenvalue weighted by Crippen LogP contribution is 2.20. The van der Waals surface area contributed by atoms with E-state index in [9.17, 15) is 0 Å². The van der Waals surface area contributed by atoms with Crippen LogP contribution < -0.4 is 0 Å². The van der Waals surface area contributed by atoms with Crippen molar-refractivity contribution in [2.24, 2.45) is 0 Å². The van der Waals surface area contributed by atoms with Crippen LogP contribution in [0.4, 0.5) is 0 Å². The number of alkyl halides is 1. The average molecular weight is 280 g/mol. The second-order valence-corrected chi connectivity index (χ2v) is 5.56. The Bertz CT molecular complexity index is 265. The zero-order chi connectivity index (χ0) is 9.68. The normalized spacial score (nSPS) is 12.8. The second-order valence-electron chi connectivity index (χ2n) is 2.91. The molecule has 1 atom stereocenters. The summed E-state index contributed by atoms with van der Waals surface area (Å²) in [4.78, 5) is 0. The molecule has 0 aliphatic heterocycles. The molecule has 72 valence electrons. The quantitative estimate of drug-likeness (QED) is 0.740. The fourth-order valence-electron chi connectivity index (χ4n) is 0.910. The molecular formula is C10H12BrClS. The molecule has 0 aromatic heterocycles. The number of halogens is 2. The van der Waals surface area contributed by atoms with Crippen LogP contribution in [0.1, 0.15) is 12.5 Å². The molecule has 0 saturated carbocycles. The van der Waals surface area contributed by atoms with E-state index < -0.39 is 0 Å². The molecule has 1 aromatic carbocycles. The van der Waals surface area contributed by atoms with Crippen molar-refractivity contribution in [1.82, 2.24) is 0 Å². The first-order valence-corrected chi connectivity index (χ1v) is 6.52. The number of thioether (sulfide) groups is 1. The third-order valence-corrected chi connectivity index (χ3v) is 4.02. The maximum absolute atomic E-state index is 5.72. The molecule has 0 radical (unpaired) electrons. The highest BCUT2D eigenvalue weighted by molar-refractivity contribution is 9.10. The van der Waals surface area contributed by atoms with Crippen LogP contribution in [0.5, 0.6) is 0 Å². The Kier molecular flexibility index (Phi) is 5.22. The molecule has 0 spiro atoms. The van der Waals surface area contributed by atoms with E-state index in [-0.39, 0.29) is 0 Å². The number of benzene rings is 1. The highest BCUT2D eigenvalue weighted by Gasteiger charge is 2.00. The van der Waals surface area contributed by atoms with Gasteiger partial charge in [0.2, 0.25) is 0 Å². The van der Waals surface area contributed by atoms with Gasteiger partial charge in [0.1, 0.15) is 0 Å². The Morgan fingerprint density at radius 2 is 2.31 bits per heavy atom. The van der Waals surface area contributed by atoms with Gasteiger partial charge in [0.25, 0.3) is 0 Å². The molecule has 0 N–H and O–H groups in total. The van der Waals surface area contributed by atoms with Crippen LogP contribution in [0.2, 0.25) is 0 Å². The molecule has 3 heteroatoms. The van der Waals surface area contributed by atoms with Gasteiger partial charge in [-0.15, -0.1) is 11.6 Å². The van der Waals surface area contributed by atoms with Crippen molar-refractivity contribution >= 4 is 39.3 Å². The van der Waals surface area contributed by atoms with Crippen molar-refractivity contribution in [3.8, 4) is 0 Å². The Morgan fingerprint density at radius 1 is 1.54 bits per heavy atom. The molecule has 0 aliphatic rings. The summed E-state index contributed by atoms with van der Waals surface area (Å²) in [6, 6.07) is 8.39. The first-order chi connectivity index (χ1) is 6.22. The predicted octanol–water partition coefficient (Wildman–Crippen LogP) is 4.31. The standard InChI is InChI=1S/C10H12BrClS/c1-8(6-12)13-7-9-3-2-4-10(11)5-9/h2-5,8H,6-7H2,1H3. The van der Waals surface area contributed by atoms with Crippen LogP contribution in [0.3, 0.4) is 0 Å². The molecule has 0 amide bonds. The lowest BCUT2D eigenvalue weighted by Gasteiger charge is -2.06. The minimum Gasteiger partial charge on any atom is -0.153 e. The Balaban J connectivity index is 2.45. The minimum atomic E-state index is 0.528. The molecule has 1 unspecified atom stereocenters. The van der Waals surface area contributed by atoms with Gasteiger partial charge in [0, 0.05) is 21.4 Å². The van der Waals surface area contributed by atoms with E-state index in [0.29, 0.717) is 5.25 Å². The van der Waals surface area contributed by atoms with Crippen LogP contribution in [0.25, 0.3) is 0 Å². The zero-order valence-electron chi connectivity index (χ0n) is 7.47. The van der Waals surface area contributed by atoms with Crippen molar-refractivity contribution < 1.29 is 0 Å². The molecule has 0 heterocycles. The van der Waals surface area contributed by atoms with Crippen LogP contribution in [-0.4, -0.2) is 11.1 Å². The zero-order valence-corrected chi connectivity index (χ0v) is 10.6. The Morgan fingerprint density at radius 3 is 2.92 bits per heavy atom. The van der Waals surface area contributed by atoms with E-state index in [2.05, 4.69) is 41.1 Å². The second kappa shape index (κ2) is 5.94. The molecule has 0 fully saturated rings. The fraction of sp³-hybridized carbons (Fsp3) is 0.400. The SMILES string of the molecule is CC(CCl)SCc1cccc(Br)c1. The van der Waals surface area contributed by atoms with Gasteiger partial charge >= 0.3 is 0 Å². The van der Waals surface area contributed by atoms with E-state index in [0.717, 1.165) is 16.1 Å². The maximum Gasteiger partial charge on any atom is 0.0340 e. The van der Waals surface area contributed by atoms with Gasteiger partial charge in [-0.25, -0.2) is 0 Å². The third kappa shape index (κ3) is 4.39. The average Bonchev–Trinajstić information content (AvgIpc) is 2.14. The van der Waals surface area contributed by atoms with Gasteiger partial charge in [-0.05, 0) is 17.7 Å². The van der Waals surface area contributed by atoms with Crippen molar-refractivity contribution in [2.45, 2.75) is 17.9 Å². The van der Waals surface area contributed by atoms with E-state index in [1.165, 1.54) is 5.56 Å². The summed E-state index contributed by atoms with van der Waals surface area (Å²) >= 11 is 11.1. The van der Waals surface area contributed by atoms with E-state index in [1.807, 2.05) is 17.8 Å². The van der Waals surface area contributed by atoms with Gasteiger partial charge in [-0.1, -0.05) is 35.0 Å². The van der Waals surface area contributed by atoms with Gasteiger partial charge in [0.05, 0.1) is 0 Å². The minimum absolute atomic E-state index is 0.528. The molecule has 0 nitrogen and oxygen atoms in total. The molecular weight excluding hydrogens is 268 g/mol. The molecule has 0 bridgehead atoms. The van der Waals surface area contributed by atoms with E-state index >= 15 is 0 Å². The topological polar surface area (TPSA) is 0 Å². The number of hydrogen-bond acceptors (Lipinski definition) is 1. The summed E-state index contributed by atoms with van der Waals surface area (Å²) in [7, 11) is 0.